The highest BCUT2D eigenvalue weighted by molar-refractivity contribution is 5.66. The van der Waals surface area contributed by atoms with Crippen molar-refractivity contribution >= 4 is 5.97 Å². The number of carbonyl (C=O) groups excluding carboxylic acids is 1. The van der Waals surface area contributed by atoms with Crippen LogP contribution in [-0.2, 0) is 80.6 Å². The van der Waals surface area contributed by atoms with E-state index in [2.05, 4.69) is 19.9 Å². The molecule has 2 N–H and O–H groups in total. The van der Waals surface area contributed by atoms with Gasteiger partial charge >= 0.3 is 5.97 Å². The number of hydrogen-bond donors (Lipinski definition) is 2. The van der Waals surface area contributed by atoms with Crippen LogP contribution in [0.5, 0.6) is 0 Å². The van der Waals surface area contributed by atoms with Crippen LogP contribution in [0.3, 0.4) is 0 Å². The van der Waals surface area contributed by atoms with E-state index in [0.717, 1.165) is 38.5 Å². The van der Waals surface area contributed by atoms with Gasteiger partial charge in [0.15, 0.2) is 36.7 Å². The summed E-state index contributed by atoms with van der Waals surface area (Å²) in [5.41, 5.74) is 0.815. The lowest BCUT2D eigenvalue weighted by molar-refractivity contribution is -0.359. The molecule has 26 atom stereocenters. The third kappa shape index (κ3) is 8.67. The SMILES string of the molecule is CO[C@@H]1[C@@H](O)[C@H](O[C@@H]2[C@@H](C)O[C@@H](O[C@H]3[C@@H](OC)C[C@H](O[C@@H]4[C@@H](C)O[C@@H](O[C@H]5CC[C@@]6(COC(C)=O)C(=CC[C@@H]7[C@@H]6CC[C@]6(C)[C@@H]8[C@H]9CO[C@@]8(C)O[C@@]76O9)C5)C[C@H]4OC)O[C@@H]3C)C[C@H]2OC)O[C@H](C)[C@H]1O. The molecular weight excluding hydrogens is 917 g/mol. The summed E-state index contributed by atoms with van der Waals surface area (Å²) in [5.74, 6) is -1.09. The van der Waals surface area contributed by atoms with Gasteiger partial charge in [0.25, 0.3) is 0 Å². The minimum absolute atomic E-state index is 0.0378. The molecule has 7 aliphatic heterocycles. The van der Waals surface area contributed by atoms with Crippen molar-refractivity contribution < 1.29 is 90.8 Å². The molecule has 0 aromatic heterocycles. The number of fused-ring (bicyclic) bond motifs is 3. The van der Waals surface area contributed by atoms with Gasteiger partial charge in [-0.15, -0.1) is 0 Å². The summed E-state index contributed by atoms with van der Waals surface area (Å²) in [6, 6.07) is 0. The van der Waals surface area contributed by atoms with Crippen LogP contribution < -0.4 is 0 Å². The van der Waals surface area contributed by atoms with Gasteiger partial charge in [-0.3, -0.25) is 4.79 Å². The van der Waals surface area contributed by atoms with Crippen LogP contribution in [0.15, 0.2) is 11.6 Å². The number of carbonyl (C=O) groups is 1. The van der Waals surface area contributed by atoms with Gasteiger partial charge in [-0.1, -0.05) is 18.6 Å². The summed E-state index contributed by atoms with van der Waals surface area (Å²) >= 11 is 0. The maximum atomic E-state index is 12.4. The normalized spacial score (nSPS) is 54.0. The van der Waals surface area contributed by atoms with Crippen molar-refractivity contribution in [2.75, 3.05) is 41.7 Å². The van der Waals surface area contributed by atoms with Crippen LogP contribution in [-0.4, -0.2) is 186 Å². The van der Waals surface area contributed by atoms with Crippen LogP contribution in [0.25, 0.3) is 0 Å². The topological polar surface area (TPSA) is 205 Å². The lowest BCUT2D eigenvalue weighted by atomic mass is 9.47. The molecule has 2 saturated carbocycles. The zero-order valence-electron chi connectivity index (χ0n) is 42.9. The van der Waals surface area contributed by atoms with Crippen molar-refractivity contribution in [2.45, 2.75) is 235 Å². The summed E-state index contributed by atoms with van der Waals surface area (Å²) in [7, 11) is 6.35. The lowest BCUT2D eigenvalue weighted by Crippen LogP contribution is -2.61. The van der Waals surface area contributed by atoms with Gasteiger partial charge in [-0.2, -0.15) is 0 Å². The zero-order valence-corrected chi connectivity index (χ0v) is 42.9. The second kappa shape index (κ2) is 19.9. The predicted octanol–water partition coefficient (Wildman–Crippen LogP) is 4.04. The Labute approximate surface area is 412 Å². The van der Waals surface area contributed by atoms with Crippen LogP contribution in [0.2, 0.25) is 0 Å². The standard InChI is InChI=1S/C51H80O19/c1-24-40(53)45(58-11)41(54)47(64-24)68-44-27(4)63-39(21-35(44)57-10)67-43-26(3)62-38(20-34(43)56-9)66-42-25(2)61-37(19-33(42)55-8)65-30-14-17-50(23-59-28(5)52)29(18-30)12-13-32-31(50)15-16-48(6)46-36-22-60-49(46,7)70-51(32,48)69-36/h12,24-27,30-47,53-54H,13-23H2,1-11H3/t24-,25-,26-,27-,30+,31+,32-,33-,34+,35-,36-,37+,38+,39+,40-,41-,42-,43-,44-,45+,46+,47+,48-,49+,50-,51+/m1/s1. The molecule has 19 heteroatoms. The largest absolute Gasteiger partial charge is 0.465 e. The lowest BCUT2D eigenvalue weighted by Gasteiger charge is -2.60. The summed E-state index contributed by atoms with van der Waals surface area (Å²) in [4.78, 5) is 12.4. The molecule has 0 aromatic rings. The molecule has 7 heterocycles. The highest BCUT2D eigenvalue weighted by atomic mass is 16.8. The maximum Gasteiger partial charge on any atom is 0.302 e. The highest BCUT2D eigenvalue weighted by Gasteiger charge is 2.83. The van der Waals surface area contributed by atoms with Crippen molar-refractivity contribution in [3.05, 3.63) is 11.6 Å². The number of allylic oxidation sites excluding steroid dienone is 1. The first-order chi connectivity index (χ1) is 33.4. The van der Waals surface area contributed by atoms with E-state index in [-0.39, 0.29) is 59.0 Å². The Morgan fingerprint density at radius 1 is 0.700 bits per heavy atom. The summed E-state index contributed by atoms with van der Waals surface area (Å²) in [6.45, 7) is 14.3. The molecule has 10 rings (SSSR count). The Balaban J connectivity index is 0.741. The Bertz CT molecular complexity index is 1890. The van der Waals surface area contributed by atoms with Crippen molar-refractivity contribution in [1.82, 2.24) is 0 Å². The van der Waals surface area contributed by atoms with Crippen molar-refractivity contribution in [1.29, 1.82) is 0 Å². The van der Waals surface area contributed by atoms with E-state index < -0.39 is 104 Å². The first-order valence-corrected chi connectivity index (χ1v) is 26.0. The number of hydrogen-bond acceptors (Lipinski definition) is 19. The van der Waals surface area contributed by atoms with E-state index in [1.54, 1.807) is 28.3 Å². The second-order valence-electron chi connectivity index (χ2n) is 22.3. The zero-order chi connectivity index (χ0) is 49.7. The van der Waals surface area contributed by atoms with Crippen LogP contribution in [0.4, 0.5) is 0 Å². The third-order valence-electron chi connectivity index (χ3n) is 18.5. The molecule has 10 aliphatic rings. The number of rotatable bonds is 14. The number of methoxy groups -OCH3 is 4. The quantitative estimate of drug-likeness (QED) is 0.186. The summed E-state index contributed by atoms with van der Waals surface area (Å²) in [5, 5.41) is 21.4. The highest BCUT2D eigenvalue weighted by Crippen LogP contribution is 2.76. The first-order valence-electron chi connectivity index (χ1n) is 26.0. The predicted molar refractivity (Wildman–Crippen MR) is 242 cm³/mol. The number of esters is 1. The summed E-state index contributed by atoms with van der Waals surface area (Å²) < 4.78 is 101. The van der Waals surface area contributed by atoms with Crippen LogP contribution in [0.1, 0.15) is 106 Å². The van der Waals surface area contributed by atoms with E-state index in [1.807, 2.05) is 20.8 Å². The second-order valence-corrected chi connectivity index (χ2v) is 22.3. The molecule has 0 spiro atoms. The molecule has 0 aromatic carbocycles. The van der Waals surface area contributed by atoms with Crippen LogP contribution in [0, 0.1) is 28.6 Å². The van der Waals surface area contributed by atoms with Crippen molar-refractivity contribution in [2.24, 2.45) is 28.6 Å². The number of aliphatic hydroxyl groups is 2. The molecular formula is C51H80O19. The Hall–Kier alpha value is -1.47. The molecule has 70 heavy (non-hydrogen) atoms. The molecule has 3 aliphatic carbocycles. The fourth-order valence-electron chi connectivity index (χ4n) is 15.2. The summed E-state index contributed by atoms with van der Waals surface area (Å²) in [6.07, 6.45) is -2.13. The van der Waals surface area contributed by atoms with Crippen molar-refractivity contribution in [3.63, 3.8) is 0 Å². The number of ether oxygens (including phenoxy) is 16. The smallest absolute Gasteiger partial charge is 0.302 e. The molecule has 0 amide bonds. The average molecular weight is 997 g/mol. The maximum absolute atomic E-state index is 12.4. The van der Waals surface area contributed by atoms with Crippen LogP contribution >= 0.6 is 0 Å². The molecule has 7 saturated heterocycles. The molecule has 2 bridgehead atoms. The Morgan fingerprint density at radius 2 is 1.29 bits per heavy atom. The van der Waals surface area contributed by atoms with E-state index >= 15 is 0 Å². The molecule has 19 nitrogen and oxygen atoms in total. The Kier molecular flexibility index (Phi) is 14.8. The fraction of sp³-hybridized carbons (Fsp3) is 0.941. The van der Waals surface area contributed by atoms with E-state index in [4.69, 9.17) is 75.8 Å². The third-order valence-corrected chi connectivity index (χ3v) is 18.5. The molecule has 0 radical (unpaired) electrons. The van der Waals surface area contributed by atoms with Gasteiger partial charge in [-0.25, -0.2) is 0 Å². The van der Waals surface area contributed by atoms with E-state index in [9.17, 15) is 15.0 Å². The fourth-order valence-corrected chi connectivity index (χ4v) is 15.2. The molecule has 9 fully saturated rings. The van der Waals surface area contributed by atoms with E-state index in [0.29, 0.717) is 32.5 Å². The molecule has 398 valence electrons. The van der Waals surface area contributed by atoms with Gasteiger partial charge < -0.3 is 86.0 Å². The van der Waals surface area contributed by atoms with Gasteiger partial charge in [0, 0.05) is 71.4 Å². The minimum atomic E-state index is -1.22. The van der Waals surface area contributed by atoms with Crippen molar-refractivity contribution in [3.8, 4) is 0 Å². The van der Waals surface area contributed by atoms with Gasteiger partial charge in [0.2, 0.25) is 0 Å². The van der Waals surface area contributed by atoms with Gasteiger partial charge in [-0.05, 0) is 79.1 Å². The average Bonchev–Trinajstić information content (AvgIpc) is 3.82. The minimum Gasteiger partial charge on any atom is -0.465 e. The molecule has 0 unspecified atom stereocenters. The Morgan fingerprint density at radius 3 is 1.84 bits per heavy atom. The van der Waals surface area contributed by atoms with E-state index in [1.165, 1.54) is 19.6 Å². The monoisotopic (exact) mass is 997 g/mol. The first kappa shape index (κ1) is 52.0. The van der Waals surface area contributed by atoms with Gasteiger partial charge in [0.1, 0.15) is 43.2 Å². The van der Waals surface area contributed by atoms with Gasteiger partial charge in [0.05, 0.1) is 67.5 Å². The number of aliphatic hydroxyl groups excluding tert-OH is 2.